The second-order valence-corrected chi connectivity index (χ2v) is 5.33. The third-order valence-electron chi connectivity index (χ3n) is 3.60. The zero-order chi connectivity index (χ0) is 15.9. The average Bonchev–Trinajstić information content (AvgIpc) is 2.62. The number of nitrogens with zero attached hydrogens (tertiary/aromatic N) is 4. The largest absolute Gasteiger partial charge is 0.482 e. The summed E-state index contributed by atoms with van der Waals surface area (Å²) in [5.41, 5.74) is 0. The van der Waals surface area contributed by atoms with Crippen molar-refractivity contribution in [3.05, 3.63) is 36.9 Å². The normalized spacial score (nSPS) is 14.3. The van der Waals surface area contributed by atoms with Crippen molar-refractivity contribution < 1.29 is 9.53 Å². The van der Waals surface area contributed by atoms with Gasteiger partial charge in [0.05, 0.1) is 6.20 Å². The maximum atomic E-state index is 11.9. The second kappa shape index (κ2) is 7.53. The molecular weight excluding hydrogens is 294 g/mol. The van der Waals surface area contributed by atoms with Crippen LogP contribution in [0.1, 0.15) is 19.3 Å². The number of nitrogens with one attached hydrogen (secondary N) is 1. The molecule has 0 radical (unpaired) electrons. The minimum atomic E-state index is -0.267. The fourth-order valence-corrected chi connectivity index (χ4v) is 2.47. The van der Waals surface area contributed by atoms with Crippen LogP contribution in [0.2, 0.25) is 0 Å². The van der Waals surface area contributed by atoms with Crippen LogP contribution in [-0.2, 0) is 4.79 Å². The number of aromatic nitrogens is 3. The van der Waals surface area contributed by atoms with Crippen LogP contribution < -0.4 is 15.0 Å². The summed E-state index contributed by atoms with van der Waals surface area (Å²) in [5, 5.41) is 2.73. The Labute approximate surface area is 134 Å². The van der Waals surface area contributed by atoms with Gasteiger partial charge in [0, 0.05) is 25.4 Å². The fourth-order valence-electron chi connectivity index (χ4n) is 2.47. The topological polar surface area (TPSA) is 80.2 Å². The molecule has 1 amide bonds. The smallest absolute Gasteiger partial charge is 0.263 e. The monoisotopic (exact) mass is 313 g/mol. The summed E-state index contributed by atoms with van der Waals surface area (Å²) in [7, 11) is 0. The first-order chi connectivity index (χ1) is 11.3. The first-order valence-electron chi connectivity index (χ1n) is 7.71. The average molecular weight is 313 g/mol. The van der Waals surface area contributed by atoms with Crippen LogP contribution in [0.15, 0.2) is 36.9 Å². The van der Waals surface area contributed by atoms with Crippen molar-refractivity contribution >= 4 is 17.5 Å². The van der Waals surface area contributed by atoms with Crippen molar-refractivity contribution in [1.29, 1.82) is 0 Å². The molecule has 1 aliphatic heterocycles. The molecular formula is C16H19N5O2. The van der Waals surface area contributed by atoms with Crippen molar-refractivity contribution in [1.82, 2.24) is 15.0 Å². The van der Waals surface area contributed by atoms with Gasteiger partial charge in [-0.15, -0.1) is 0 Å². The van der Waals surface area contributed by atoms with Gasteiger partial charge in [-0.25, -0.2) is 9.97 Å². The minimum Gasteiger partial charge on any atom is -0.482 e. The highest BCUT2D eigenvalue weighted by Crippen LogP contribution is 2.19. The Morgan fingerprint density at radius 3 is 2.91 bits per heavy atom. The van der Waals surface area contributed by atoms with Gasteiger partial charge in [0.25, 0.3) is 5.91 Å². The molecule has 23 heavy (non-hydrogen) atoms. The fraction of sp³-hybridized carbons (Fsp3) is 0.375. The van der Waals surface area contributed by atoms with Gasteiger partial charge in [0.15, 0.2) is 6.61 Å². The van der Waals surface area contributed by atoms with E-state index in [4.69, 9.17) is 4.74 Å². The van der Waals surface area contributed by atoms with E-state index in [2.05, 4.69) is 25.2 Å². The van der Waals surface area contributed by atoms with Gasteiger partial charge in [-0.3, -0.25) is 9.78 Å². The second-order valence-electron chi connectivity index (χ2n) is 5.33. The number of amides is 1. The first-order valence-corrected chi connectivity index (χ1v) is 7.71. The summed E-state index contributed by atoms with van der Waals surface area (Å²) in [6.07, 6.45) is 8.29. The molecule has 3 heterocycles. The van der Waals surface area contributed by atoms with Gasteiger partial charge in [-0.05, 0) is 31.4 Å². The van der Waals surface area contributed by atoms with Gasteiger partial charge in [-0.2, -0.15) is 0 Å². The molecule has 0 unspecified atom stereocenters. The quantitative estimate of drug-likeness (QED) is 0.908. The molecule has 1 fully saturated rings. The molecule has 0 aliphatic carbocycles. The molecule has 2 aromatic rings. The molecule has 0 aromatic carbocycles. The summed E-state index contributed by atoms with van der Waals surface area (Å²) in [5.74, 6) is 1.63. The Bertz CT molecular complexity index is 644. The van der Waals surface area contributed by atoms with Crippen molar-refractivity contribution in [2.75, 3.05) is 29.9 Å². The number of rotatable bonds is 5. The summed E-state index contributed by atoms with van der Waals surface area (Å²) >= 11 is 0. The van der Waals surface area contributed by atoms with Gasteiger partial charge < -0.3 is 15.0 Å². The number of anilines is 2. The zero-order valence-corrected chi connectivity index (χ0v) is 12.8. The Morgan fingerprint density at radius 2 is 2.13 bits per heavy atom. The molecule has 0 bridgehead atoms. The molecule has 3 rings (SSSR count). The Balaban J connectivity index is 1.55. The van der Waals surface area contributed by atoms with Crippen molar-refractivity contribution in [3.63, 3.8) is 0 Å². The number of pyridine rings is 1. The third kappa shape index (κ3) is 4.38. The predicted molar refractivity (Wildman–Crippen MR) is 86.5 cm³/mol. The van der Waals surface area contributed by atoms with Crippen molar-refractivity contribution in [3.8, 4) is 5.75 Å². The van der Waals surface area contributed by atoms with Crippen LogP contribution in [0.25, 0.3) is 0 Å². The summed E-state index contributed by atoms with van der Waals surface area (Å²) in [6, 6.07) is 5.30. The standard InChI is InChI=1S/C16H19N5O2/c22-16(11-23-13-5-4-6-17-10-13)20-14-9-15(19-12-18-14)21-7-2-1-3-8-21/h4-6,9-10,12H,1-3,7-8,11H2,(H,18,19,20,22). The first kappa shape index (κ1) is 15.2. The Hall–Kier alpha value is -2.70. The molecule has 0 atom stereocenters. The maximum absolute atomic E-state index is 11.9. The van der Waals surface area contributed by atoms with E-state index < -0.39 is 0 Å². The molecule has 1 N–H and O–H groups in total. The van der Waals surface area contributed by atoms with Crippen LogP contribution in [0.5, 0.6) is 5.75 Å². The molecule has 120 valence electrons. The van der Waals surface area contributed by atoms with Crippen LogP contribution in [0.3, 0.4) is 0 Å². The SMILES string of the molecule is O=C(COc1cccnc1)Nc1cc(N2CCCCC2)ncn1. The van der Waals surface area contributed by atoms with Crippen LogP contribution >= 0.6 is 0 Å². The number of hydrogen-bond donors (Lipinski definition) is 1. The van der Waals surface area contributed by atoms with E-state index in [1.807, 2.05) is 0 Å². The number of hydrogen-bond acceptors (Lipinski definition) is 6. The van der Waals surface area contributed by atoms with Crippen molar-refractivity contribution in [2.45, 2.75) is 19.3 Å². The van der Waals surface area contributed by atoms with Crippen molar-refractivity contribution in [2.24, 2.45) is 0 Å². The maximum Gasteiger partial charge on any atom is 0.263 e. The Kier molecular flexibility index (Phi) is 4.98. The lowest BCUT2D eigenvalue weighted by atomic mass is 10.1. The number of carbonyl (C=O) groups excluding carboxylic acids is 1. The zero-order valence-electron chi connectivity index (χ0n) is 12.8. The highest BCUT2D eigenvalue weighted by molar-refractivity contribution is 5.91. The van der Waals surface area contributed by atoms with Gasteiger partial charge >= 0.3 is 0 Å². The van der Waals surface area contributed by atoms with E-state index in [1.165, 1.54) is 25.6 Å². The van der Waals surface area contributed by atoms with E-state index in [9.17, 15) is 4.79 Å². The molecule has 7 nitrogen and oxygen atoms in total. The van der Waals surface area contributed by atoms with E-state index in [0.717, 1.165) is 18.9 Å². The number of ether oxygens (including phenoxy) is 1. The highest BCUT2D eigenvalue weighted by atomic mass is 16.5. The van der Waals surface area contributed by atoms with E-state index in [1.54, 1.807) is 30.6 Å². The third-order valence-corrected chi connectivity index (χ3v) is 3.60. The molecule has 2 aromatic heterocycles. The van der Waals surface area contributed by atoms with E-state index in [0.29, 0.717) is 11.6 Å². The summed E-state index contributed by atoms with van der Waals surface area (Å²) < 4.78 is 5.36. The minimum absolute atomic E-state index is 0.0885. The van der Waals surface area contributed by atoms with Crippen LogP contribution in [-0.4, -0.2) is 40.6 Å². The number of piperidine rings is 1. The summed E-state index contributed by atoms with van der Waals surface area (Å²) in [6.45, 7) is 1.90. The van der Waals surface area contributed by atoms with Gasteiger partial charge in [0.2, 0.25) is 0 Å². The summed E-state index contributed by atoms with van der Waals surface area (Å²) in [4.78, 5) is 26.5. The molecule has 0 spiro atoms. The predicted octanol–water partition coefficient (Wildman–Crippen LogP) is 1.88. The molecule has 1 saturated heterocycles. The Morgan fingerprint density at radius 1 is 1.26 bits per heavy atom. The number of carbonyl (C=O) groups is 1. The lowest BCUT2D eigenvalue weighted by Gasteiger charge is -2.27. The highest BCUT2D eigenvalue weighted by Gasteiger charge is 2.13. The van der Waals surface area contributed by atoms with Gasteiger partial charge in [0.1, 0.15) is 23.7 Å². The lowest BCUT2D eigenvalue weighted by Crippen LogP contribution is -2.30. The van der Waals surface area contributed by atoms with Crippen LogP contribution in [0, 0.1) is 0 Å². The molecule has 0 saturated carbocycles. The molecule has 1 aliphatic rings. The van der Waals surface area contributed by atoms with E-state index >= 15 is 0 Å². The van der Waals surface area contributed by atoms with Crippen LogP contribution in [0.4, 0.5) is 11.6 Å². The molecule has 7 heteroatoms. The lowest BCUT2D eigenvalue weighted by molar-refractivity contribution is -0.118. The van der Waals surface area contributed by atoms with Gasteiger partial charge in [-0.1, -0.05) is 0 Å². The van der Waals surface area contributed by atoms with E-state index in [-0.39, 0.29) is 12.5 Å².